The summed E-state index contributed by atoms with van der Waals surface area (Å²) < 4.78 is 34.3. The second kappa shape index (κ2) is 5.00. The molecule has 0 saturated carbocycles. The van der Waals surface area contributed by atoms with Crippen LogP contribution in [0, 0.1) is 17.8 Å². The molecule has 0 aliphatic rings. The monoisotopic (exact) mass is 164 g/mol. The van der Waals surface area contributed by atoms with Gasteiger partial charge in [0.05, 0.1) is 12.5 Å². The summed E-state index contributed by atoms with van der Waals surface area (Å²) in [4.78, 5) is 0. The molecule has 0 amide bonds. The zero-order valence-electron chi connectivity index (χ0n) is 5.99. The van der Waals surface area contributed by atoms with Gasteiger partial charge >= 0.3 is 6.18 Å². The Hall–Kier alpha value is -0.720. The van der Waals surface area contributed by atoms with Crippen molar-refractivity contribution in [3.8, 4) is 6.07 Å². The average molecular weight is 164 g/mol. The number of nitrogens with zero attached hydrogens (tertiary/aromatic N) is 1. The maximum absolute atomic E-state index is 11.4. The third-order valence-electron chi connectivity index (χ3n) is 1.12. The van der Waals surface area contributed by atoms with E-state index in [2.05, 4.69) is 0 Å². The smallest absolute Gasteiger partial charge is 0.198 e. The van der Waals surface area contributed by atoms with E-state index in [0.717, 1.165) is 0 Å². The summed E-state index contributed by atoms with van der Waals surface area (Å²) in [6.07, 6.45) is -2.50. The van der Waals surface area contributed by atoms with E-state index in [9.17, 15) is 13.2 Å². The highest BCUT2D eigenvalue weighted by Crippen LogP contribution is 2.21. The Morgan fingerprint density at radius 2 is 1.91 bits per heavy atom. The highest BCUT2D eigenvalue weighted by Gasteiger charge is 2.26. The predicted molar refractivity (Wildman–Crippen MR) is 34.4 cm³/mol. The Kier molecular flexibility index (Phi) is 4.67. The number of halogens is 3. The molecule has 0 aliphatic carbocycles. The Morgan fingerprint density at radius 3 is 2.36 bits per heavy atom. The molecule has 0 aromatic carbocycles. The van der Waals surface area contributed by atoms with Gasteiger partial charge in [0, 0.05) is 6.42 Å². The standard InChI is InChI=1S/C7H9F3N/c8-7(9,10)5-3-1-2-4-6-11/h5H,1-4H2. The first kappa shape index (κ1) is 10.3. The molecule has 63 valence electrons. The van der Waals surface area contributed by atoms with Crippen molar-refractivity contribution in [2.75, 3.05) is 0 Å². The summed E-state index contributed by atoms with van der Waals surface area (Å²) in [5.41, 5.74) is 0. The largest absolute Gasteiger partial charge is 0.392 e. The van der Waals surface area contributed by atoms with E-state index in [-0.39, 0.29) is 6.42 Å². The minimum atomic E-state index is -4.16. The summed E-state index contributed by atoms with van der Waals surface area (Å²) >= 11 is 0. The van der Waals surface area contributed by atoms with E-state index in [1.165, 1.54) is 0 Å². The molecular weight excluding hydrogens is 155 g/mol. The van der Waals surface area contributed by atoms with Gasteiger partial charge in [0.15, 0.2) is 0 Å². The molecule has 0 heterocycles. The van der Waals surface area contributed by atoms with E-state index in [1.807, 2.05) is 6.07 Å². The highest BCUT2D eigenvalue weighted by molar-refractivity contribution is 4.75. The van der Waals surface area contributed by atoms with Crippen LogP contribution < -0.4 is 0 Å². The van der Waals surface area contributed by atoms with Crippen molar-refractivity contribution < 1.29 is 13.2 Å². The van der Waals surface area contributed by atoms with E-state index < -0.39 is 6.18 Å². The first-order chi connectivity index (χ1) is 5.06. The van der Waals surface area contributed by atoms with Crippen molar-refractivity contribution >= 4 is 0 Å². The molecule has 0 aromatic rings. The molecule has 0 bridgehead atoms. The minimum Gasteiger partial charge on any atom is -0.198 e. The SMILES string of the molecule is N#CCCCC[CH]C(F)(F)F. The molecule has 11 heavy (non-hydrogen) atoms. The van der Waals surface area contributed by atoms with Gasteiger partial charge in [-0.1, -0.05) is 6.42 Å². The van der Waals surface area contributed by atoms with E-state index in [1.54, 1.807) is 0 Å². The van der Waals surface area contributed by atoms with Gasteiger partial charge in [-0.15, -0.1) is 0 Å². The summed E-state index contributed by atoms with van der Waals surface area (Å²) in [7, 11) is 0. The second-order valence-corrected chi connectivity index (χ2v) is 2.15. The van der Waals surface area contributed by atoms with Crippen LogP contribution in [0.25, 0.3) is 0 Å². The van der Waals surface area contributed by atoms with Crippen LogP contribution in [0.1, 0.15) is 25.7 Å². The molecule has 1 radical (unpaired) electrons. The van der Waals surface area contributed by atoms with Crippen LogP contribution in [0.3, 0.4) is 0 Å². The van der Waals surface area contributed by atoms with Gasteiger partial charge in [0.2, 0.25) is 0 Å². The lowest BCUT2D eigenvalue weighted by molar-refractivity contribution is -0.0984. The van der Waals surface area contributed by atoms with Crippen molar-refractivity contribution in [3.05, 3.63) is 6.42 Å². The average Bonchev–Trinajstić information content (AvgIpc) is 1.85. The van der Waals surface area contributed by atoms with Crippen molar-refractivity contribution in [1.82, 2.24) is 0 Å². The van der Waals surface area contributed by atoms with Crippen LogP contribution in [0.4, 0.5) is 13.2 Å². The number of nitriles is 1. The highest BCUT2D eigenvalue weighted by atomic mass is 19.4. The Labute approximate surface area is 63.8 Å². The number of alkyl halides is 3. The molecule has 4 heteroatoms. The van der Waals surface area contributed by atoms with E-state index in [4.69, 9.17) is 5.26 Å². The third kappa shape index (κ3) is 9.28. The number of hydrogen-bond donors (Lipinski definition) is 0. The van der Waals surface area contributed by atoms with Crippen molar-refractivity contribution in [2.45, 2.75) is 31.9 Å². The summed E-state index contributed by atoms with van der Waals surface area (Å²) in [5, 5.41) is 8.04. The summed E-state index contributed by atoms with van der Waals surface area (Å²) in [6, 6.07) is 1.87. The van der Waals surface area contributed by atoms with Gasteiger partial charge in [-0.05, 0) is 12.8 Å². The van der Waals surface area contributed by atoms with E-state index >= 15 is 0 Å². The Morgan fingerprint density at radius 1 is 1.27 bits per heavy atom. The molecule has 0 N–H and O–H groups in total. The maximum Gasteiger partial charge on any atom is 0.392 e. The van der Waals surface area contributed by atoms with Gasteiger partial charge in [-0.25, -0.2) is 0 Å². The van der Waals surface area contributed by atoms with Crippen molar-refractivity contribution in [1.29, 1.82) is 5.26 Å². The first-order valence-electron chi connectivity index (χ1n) is 3.34. The quantitative estimate of drug-likeness (QED) is 0.586. The molecule has 0 saturated heterocycles. The topological polar surface area (TPSA) is 23.8 Å². The van der Waals surface area contributed by atoms with Crippen LogP contribution in [-0.4, -0.2) is 6.18 Å². The van der Waals surface area contributed by atoms with Gasteiger partial charge in [0.25, 0.3) is 0 Å². The molecule has 0 rings (SSSR count). The van der Waals surface area contributed by atoms with Crippen molar-refractivity contribution in [3.63, 3.8) is 0 Å². The fourth-order valence-corrected chi connectivity index (χ4v) is 0.614. The van der Waals surface area contributed by atoms with Gasteiger partial charge in [-0.2, -0.15) is 18.4 Å². The molecular formula is C7H9F3N. The van der Waals surface area contributed by atoms with Crippen LogP contribution in [-0.2, 0) is 0 Å². The number of rotatable bonds is 4. The fourth-order valence-electron chi connectivity index (χ4n) is 0.614. The van der Waals surface area contributed by atoms with Gasteiger partial charge in [0.1, 0.15) is 0 Å². The molecule has 0 aliphatic heterocycles. The number of unbranched alkanes of at least 4 members (excludes halogenated alkanes) is 3. The van der Waals surface area contributed by atoms with Gasteiger partial charge < -0.3 is 0 Å². The third-order valence-corrected chi connectivity index (χ3v) is 1.12. The predicted octanol–water partition coefficient (Wildman–Crippen LogP) is 2.84. The van der Waals surface area contributed by atoms with Gasteiger partial charge in [-0.3, -0.25) is 0 Å². The maximum atomic E-state index is 11.4. The second-order valence-electron chi connectivity index (χ2n) is 2.15. The zero-order chi connectivity index (χ0) is 8.74. The first-order valence-corrected chi connectivity index (χ1v) is 3.34. The summed E-state index contributed by atoms with van der Waals surface area (Å²) in [5.74, 6) is 0. The summed E-state index contributed by atoms with van der Waals surface area (Å²) in [6.45, 7) is 0. The molecule has 1 nitrogen and oxygen atoms in total. The van der Waals surface area contributed by atoms with Crippen LogP contribution in [0.15, 0.2) is 0 Å². The Bertz CT molecular complexity index is 134. The molecule has 0 atom stereocenters. The lowest BCUT2D eigenvalue weighted by atomic mass is 10.1. The number of hydrogen-bond acceptors (Lipinski definition) is 1. The normalized spacial score (nSPS) is 11.1. The Balaban J connectivity index is 3.10. The lowest BCUT2D eigenvalue weighted by Crippen LogP contribution is -2.07. The fraction of sp³-hybridized carbons (Fsp3) is 0.714. The lowest BCUT2D eigenvalue weighted by Gasteiger charge is -2.03. The van der Waals surface area contributed by atoms with Crippen molar-refractivity contribution in [2.24, 2.45) is 0 Å². The molecule has 0 unspecified atom stereocenters. The van der Waals surface area contributed by atoms with Crippen LogP contribution >= 0.6 is 0 Å². The molecule has 0 spiro atoms. The molecule has 0 aromatic heterocycles. The van der Waals surface area contributed by atoms with Crippen LogP contribution in [0.2, 0.25) is 0 Å². The minimum absolute atomic E-state index is 0.0190. The molecule has 0 fully saturated rings. The van der Waals surface area contributed by atoms with Crippen LogP contribution in [0.5, 0.6) is 0 Å². The van der Waals surface area contributed by atoms with E-state index in [0.29, 0.717) is 25.7 Å². The zero-order valence-corrected chi connectivity index (χ0v) is 5.99.